The van der Waals surface area contributed by atoms with Gasteiger partial charge in [-0.3, -0.25) is 9.59 Å². The number of nitriles is 1. The summed E-state index contributed by atoms with van der Waals surface area (Å²) in [5.74, 6) is -0.774. The summed E-state index contributed by atoms with van der Waals surface area (Å²) in [6.45, 7) is 0.161. The van der Waals surface area contributed by atoms with E-state index in [1.807, 2.05) is 36.4 Å². The lowest BCUT2D eigenvalue weighted by Gasteiger charge is -2.18. The average Bonchev–Trinajstić information content (AvgIpc) is 3.80. The Balaban J connectivity index is 1.27. The highest BCUT2D eigenvalue weighted by Gasteiger charge is 2.67. The molecule has 8 nitrogen and oxygen atoms in total. The fourth-order valence-corrected chi connectivity index (χ4v) is 6.48. The molecule has 0 radical (unpaired) electrons. The highest BCUT2D eigenvalue weighted by molar-refractivity contribution is 7.91. The quantitative estimate of drug-likeness (QED) is 0.558. The van der Waals surface area contributed by atoms with Crippen molar-refractivity contribution in [3.63, 3.8) is 0 Å². The van der Waals surface area contributed by atoms with Gasteiger partial charge in [-0.1, -0.05) is 36.4 Å². The molecule has 2 fully saturated rings. The number of aromatic nitrogens is 1. The number of nitrogens with one attached hydrogen (secondary N) is 1. The first-order chi connectivity index (χ1) is 17.3. The molecule has 2 atom stereocenters. The minimum Gasteiger partial charge on any atom is -0.305 e. The Morgan fingerprint density at radius 2 is 1.83 bits per heavy atom. The lowest BCUT2D eigenvalue weighted by molar-refractivity contribution is -0.120. The van der Waals surface area contributed by atoms with Crippen molar-refractivity contribution >= 4 is 27.5 Å². The Labute approximate surface area is 208 Å². The molecule has 3 aromatic rings. The molecule has 2 aliphatic carbocycles. The summed E-state index contributed by atoms with van der Waals surface area (Å²) < 4.78 is 26.4. The van der Waals surface area contributed by atoms with Crippen molar-refractivity contribution in [2.45, 2.75) is 42.4 Å². The molecular weight excluding hydrogens is 476 g/mol. The van der Waals surface area contributed by atoms with Crippen molar-refractivity contribution in [3.8, 4) is 6.07 Å². The van der Waals surface area contributed by atoms with E-state index in [0.717, 1.165) is 16.8 Å². The standard InChI is InChI=1S/C27H22N4O4S/c28-15-17-8-10-18(11-9-17)22-14-27(22)21-5-1-2-7-24(21)31(26(27)33)16-19-4-3-6-23(29-19)25(32)30-36(34,35)20-12-13-20/h1-11,20,22H,12-14,16H2,(H,30,32)/t22-,27-/m1/s1. The maximum absolute atomic E-state index is 13.8. The van der Waals surface area contributed by atoms with Crippen molar-refractivity contribution in [1.29, 1.82) is 5.26 Å². The van der Waals surface area contributed by atoms with Crippen LogP contribution in [0.3, 0.4) is 0 Å². The number of hydrogen-bond donors (Lipinski definition) is 1. The fourth-order valence-electron chi connectivity index (χ4n) is 5.20. The van der Waals surface area contributed by atoms with Gasteiger partial charge in [0.25, 0.3) is 5.91 Å². The normalized spacial score (nSPS) is 22.2. The zero-order valence-electron chi connectivity index (χ0n) is 19.2. The number of hydrogen-bond acceptors (Lipinski definition) is 6. The van der Waals surface area contributed by atoms with Crippen LogP contribution in [0.5, 0.6) is 0 Å². The topological polar surface area (TPSA) is 120 Å². The molecule has 9 heteroatoms. The SMILES string of the molecule is N#Cc1ccc([C@H]2C[C@]23C(=O)N(Cc2cccc(C(=O)NS(=O)(=O)C4CC4)n2)c2ccccc23)cc1. The van der Waals surface area contributed by atoms with E-state index in [9.17, 15) is 18.0 Å². The maximum Gasteiger partial charge on any atom is 0.283 e. The minimum absolute atomic E-state index is 0.00625. The number of carbonyl (C=O) groups excluding carboxylic acids is 2. The predicted molar refractivity (Wildman–Crippen MR) is 131 cm³/mol. The van der Waals surface area contributed by atoms with Gasteiger partial charge < -0.3 is 4.90 Å². The molecule has 3 aliphatic rings. The van der Waals surface area contributed by atoms with Gasteiger partial charge in [0, 0.05) is 11.6 Å². The van der Waals surface area contributed by atoms with Gasteiger partial charge in [0.2, 0.25) is 15.9 Å². The zero-order valence-corrected chi connectivity index (χ0v) is 20.0. The molecule has 2 saturated carbocycles. The van der Waals surface area contributed by atoms with Gasteiger partial charge in [0.15, 0.2) is 0 Å². The smallest absolute Gasteiger partial charge is 0.283 e. The van der Waals surface area contributed by atoms with E-state index in [1.54, 1.807) is 29.2 Å². The summed E-state index contributed by atoms with van der Waals surface area (Å²) in [6.07, 6.45) is 1.79. The van der Waals surface area contributed by atoms with E-state index < -0.39 is 26.6 Å². The van der Waals surface area contributed by atoms with E-state index in [4.69, 9.17) is 5.26 Å². The highest BCUT2D eigenvalue weighted by atomic mass is 32.2. The Kier molecular flexibility index (Phi) is 4.99. The Morgan fingerprint density at radius 1 is 1.08 bits per heavy atom. The van der Waals surface area contributed by atoms with Crippen LogP contribution in [-0.2, 0) is 26.8 Å². The van der Waals surface area contributed by atoms with Crippen LogP contribution in [0.4, 0.5) is 5.69 Å². The van der Waals surface area contributed by atoms with Crippen molar-refractivity contribution in [1.82, 2.24) is 9.71 Å². The second kappa shape index (κ2) is 8.00. The van der Waals surface area contributed by atoms with E-state index in [-0.39, 0.29) is 24.1 Å². The number of anilines is 1. The Hall–Kier alpha value is -4.03. The van der Waals surface area contributed by atoms with Crippen LogP contribution in [0.2, 0.25) is 0 Å². The van der Waals surface area contributed by atoms with Gasteiger partial charge in [-0.25, -0.2) is 18.1 Å². The van der Waals surface area contributed by atoms with Crippen LogP contribution in [0.15, 0.2) is 66.7 Å². The third kappa shape index (κ3) is 3.57. The van der Waals surface area contributed by atoms with Crippen molar-refractivity contribution in [3.05, 3.63) is 94.8 Å². The first-order valence-corrected chi connectivity index (χ1v) is 13.3. The first kappa shape index (κ1) is 22.4. The van der Waals surface area contributed by atoms with Crippen molar-refractivity contribution in [2.75, 3.05) is 4.90 Å². The molecule has 1 aromatic heterocycles. The molecule has 2 amide bonds. The molecule has 0 bridgehead atoms. The lowest BCUT2D eigenvalue weighted by atomic mass is 9.92. The summed E-state index contributed by atoms with van der Waals surface area (Å²) >= 11 is 0. The first-order valence-electron chi connectivity index (χ1n) is 11.8. The summed E-state index contributed by atoms with van der Waals surface area (Å²) in [5.41, 5.74) is 3.20. The van der Waals surface area contributed by atoms with Crippen molar-refractivity contribution in [2.24, 2.45) is 0 Å². The molecule has 2 aromatic carbocycles. The molecule has 1 aliphatic heterocycles. The van der Waals surface area contributed by atoms with Gasteiger partial charge in [-0.05, 0) is 60.7 Å². The van der Waals surface area contributed by atoms with Crippen LogP contribution in [0, 0.1) is 11.3 Å². The van der Waals surface area contributed by atoms with Gasteiger partial charge in [0.05, 0.1) is 34.5 Å². The maximum atomic E-state index is 13.8. The highest BCUT2D eigenvalue weighted by Crippen LogP contribution is 2.66. The van der Waals surface area contributed by atoms with E-state index in [1.165, 1.54) is 6.07 Å². The van der Waals surface area contributed by atoms with Crippen molar-refractivity contribution < 1.29 is 18.0 Å². The van der Waals surface area contributed by atoms with Crippen LogP contribution in [0.1, 0.15) is 58.1 Å². The zero-order chi connectivity index (χ0) is 25.1. The molecule has 1 N–H and O–H groups in total. The Bertz CT molecular complexity index is 1560. The monoisotopic (exact) mass is 498 g/mol. The molecule has 180 valence electrons. The lowest BCUT2D eigenvalue weighted by Crippen LogP contribution is -2.34. The molecule has 0 saturated heterocycles. The number of para-hydroxylation sites is 1. The van der Waals surface area contributed by atoms with Gasteiger partial charge in [0.1, 0.15) is 5.69 Å². The Morgan fingerprint density at radius 3 is 2.56 bits per heavy atom. The number of sulfonamides is 1. The summed E-state index contributed by atoms with van der Waals surface area (Å²) in [4.78, 5) is 32.5. The number of nitrogens with zero attached hydrogens (tertiary/aromatic N) is 3. The number of fused-ring (bicyclic) bond motifs is 2. The molecular formula is C27H22N4O4S. The largest absolute Gasteiger partial charge is 0.305 e. The minimum atomic E-state index is -3.68. The van der Waals surface area contributed by atoms with E-state index >= 15 is 0 Å². The number of pyridine rings is 1. The molecule has 6 rings (SSSR count). The number of benzene rings is 2. The van der Waals surface area contributed by atoms with Crippen LogP contribution < -0.4 is 9.62 Å². The summed E-state index contributed by atoms with van der Waals surface area (Å²) in [5, 5.41) is 8.59. The van der Waals surface area contributed by atoms with Gasteiger partial charge >= 0.3 is 0 Å². The van der Waals surface area contributed by atoms with E-state index in [0.29, 0.717) is 30.5 Å². The van der Waals surface area contributed by atoms with Crippen LogP contribution in [-0.4, -0.2) is 30.5 Å². The predicted octanol–water partition coefficient (Wildman–Crippen LogP) is 3.15. The summed E-state index contributed by atoms with van der Waals surface area (Å²) in [6, 6.07) is 22.0. The average molecular weight is 499 g/mol. The number of amides is 2. The molecule has 0 unspecified atom stereocenters. The third-order valence-corrected chi connectivity index (χ3v) is 9.08. The molecule has 2 heterocycles. The fraction of sp³-hybridized carbons (Fsp3) is 0.259. The van der Waals surface area contributed by atoms with Crippen LogP contribution >= 0.6 is 0 Å². The summed E-state index contributed by atoms with van der Waals surface area (Å²) in [7, 11) is -3.68. The van der Waals surface area contributed by atoms with Gasteiger partial charge in [-0.2, -0.15) is 5.26 Å². The van der Waals surface area contributed by atoms with Gasteiger partial charge in [-0.15, -0.1) is 0 Å². The second-order valence-corrected chi connectivity index (χ2v) is 11.5. The molecule has 36 heavy (non-hydrogen) atoms. The molecule has 1 spiro atoms. The number of rotatable bonds is 6. The second-order valence-electron chi connectivity index (χ2n) is 9.56. The van der Waals surface area contributed by atoms with E-state index in [2.05, 4.69) is 15.8 Å². The third-order valence-electron chi connectivity index (χ3n) is 7.26. The van der Waals surface area contributed by atoms with Crippen LogP contribution in [0.25, 0.3) is 0 Å². The number of carbonyl (C=O) groups is 2.